The van der Waals surface area contributed by atoms with Gasteiger partial charge in [-0.1, -0.05) is 20.3 Å². The quantitative estimate of drug-likeness (QED) is 0.688. The van der Waals surface area contributed by atoms with Crippen molar-refractivity contribution in [1.29, 1.82) is 5.26 Å². The van der Waals surface area contributed by atoms with Gasteiger partial charge < -0.3 is 0 Å². The first-order valence-electron chi connectivity index (χ1n) is 5.89. The predicted octanol–water partition coefficient (Wildman–Crippen LogP) is 2.80. The average Bonchev–Trinajstić information content (AvgIpc) is 2.17. The van der Waals surface area contributed by atoms with E-state index in [-0.39, 0.29) is 0 Å². The molecule has 0 aromatic heterocycles. The molecule has 1 aliphatic heterocycles. The van der Waals surface area contributed by atoms with Crippen LogP contribution in [0.2, 0.25) is 0 Å². The summed E-state index contributed by atoms with van der Waals surface area (Å²) in [5.74, 6) is 0.811. The summed E-state index contributed by atoms with van der Waals surface area (Å²) in [7, 11) is 0. The molecule has 0 amide bonds. The Morgan fingerprint density at radius 2 is 2.29 bits per heavy atom. The molecule has 14 heavy (non-hydrogen) atoms. The van der Waals surface area contributed by atoms with Crippen LogP contribution in [-0.4, -0.2) is 24.0 Å². The van der Waals surface area contributed by atoms with E-state index in [1.165, 1.54) is 38.8 Å². The number of nitrogens with zero attached hydrogens (tertiary/aromatic N) is 2. The van der Waals surface area contributed by atoms with Gasteiger partial charge in [-0.2, -0.15) is 5.26 Å². The number of unbranched alkanes of at least 4 members (excludes halogenated alkanes) is 1. The van der Waals surface area contributed by atoms with E-state index in [2.05, 4.69) is 24.8 Å². The second-order valence-corrected chi connectivity index (χ2v) is 4.54. The third-order valence-corrected chi connectivity index (χ3v) is 3.23. The molecule has 0 radical (unpaired) electrons. The molecule has 0 aliphatic carbocycles. The molecule has 2 unspecified atom stereocenters. The Kier molecular flexibility index (Phi) is 4.97. The molecular weight excluding hydrogens is 172 g/mol. The largest absolute Gasteiger partial charge is 0.299 e. The van der Waals surface area contributed by atoms with Crippen molar-refractivity contribution in [2.75, 3.05) is 13.1 Å². The summed E-state index contributed by atoms with van der Waals surface area (Å²) in [6.07, 6.45) is 5.78. The van der Waals surface area contributed by atoms with Gasteiger partial charge in [-0.3, -0.25) is 4.90 Å². The summed E-state index contributed by atoms with van der Waals surface area (Å²) < 4.78 is 0. The molecular formula is C12H22N2. The van der Waals surface area contributed by atoms with Crippen molar-refractivity contribution in [3.63, 3.8) is 0 Å². The molecule has 1 heterocycles. The van der Waals surface area contributed by atoms with E-state index in [4.69, 9.17) is 5.26 Å². The minimum atomic E-state index is 0.537. The highest BCUT2D eigenvalue weighted by Crippen LogP contribution is 2.24. The SMILES string of the molecule is CCCCN1CCC(C)CC1CC#N. The van der Waals surface area contributed by atoms with Gasteiger partial charge in [-0.25, -0.2) is 0 Å². The fourth-order valence-corrected chi connectivity index (χ4v) is 2.27. The zero-order valence-electron chi connectivity index (χ0n) is 9.50. The maximum absolute atomic E-state index is 8.77. The molecule has 80 valence electrons. The summed E-state index contributed by atoms with van der Waals surface area (Å²) in [6, 6.07) is 2.86. The molecule has 0 aromatic carbocycles. The highest BCUT2D eigenvalue weighted by atomic mass is 15.2. The first kappa shape index (κ1) is 11.5. The maximum Gasteiger partial charge on any atom is 0.0638 e. The van der Waals surface area contributed by atoms with E-state index in [0.717, 1.165) is 5.92 Å². The van der Waals surface area contributed by atoms with Crippen LogP contribution in [0.5, 0.6) is 0 Å². The predicted molar refractivity (Wildman–Crippen MR) is 58.9 cm³/mol. The number of rotatable bonds is 4. The van der Waals surface area contributed by atoms with Crippen LogP contribution in [-0.2, 0) is 0 Å². The molecule has 0 N–H and O–H groups in total. The van der Waals surface area contributed by atoms with Crippen LogP contribution >= 0.6 is 0 Å². The molecule has 0 spiro atoms. The van der Waals surface area contributed by atoms with E-state index in [9.17, 15) is 0 Å². The Morgan fingerprint density at radius 1 is 1.50 bits per heavy atom. The van der Waals surface area contributed by atoms with E-state index in [1.807, 2.05) is 0 Å². The Balaban J connectivity index is 2.41. The van der Waals surface area contributed by atoms with Crippen molar-refractivity contribution in [3.8, 4) is 6.07 Å². The van der Waals surface area contributed by atoms with Gasteiger partial charge >= 0.3 is 0 Å². The lowest BCUT2D eigenvalue weighted by Gasteiger charge is -2.37. The van der Waals surface area contributed by atoms with Gasteiger partial charge in [0, 0.05) is 6.04 Å². The van der Waals surface area contributed by atoms with Crippen LogP contribution in [0.1, 0.15) is 46.0 Å². The van der Waals surface area contributed by atoms with Crippen molar-refractivity contribution in [2.24, 2.45) is 5.92 Å². The Morgan fingerprint density at radius 3 is 2.93 bits per heavy atom. The molecule has 2 heteroatoms. The van der Waals surface area contributed by atoms with Crippen molar-refractivity contribution in [2.45, 2.75) is 52.0 Å². The minimum absolute atomic E-state index is 0.537. The Hall–Kier alpha value is -0.550. The topological polar surface area (TPSA) is 27.0 Å². The lowest BCUT2D eigenvalue weighted by Crippen LogP contribution is -2.42. The average molecular weight is 194 g/mol. The first-order chi connectivity index (χ1) is 6.77. The van der Waals surface area contributed by atoms with Crippen molar-refractivity contribution in [1.82, 2.24) is 4.90 Å². The fourth-order valence-electron chi connectivity index (χ4n) is 2.27. The van der Waals surface area contributed by atoms with Gasteiger partial charge in [0.25, 0.3) is 0 Å². The number of piperidine rings is 1. The second-order valence-electron chi connectivity index (χ2n) is 4.54. The van der Waals surface area contributed by atoms with Gasteiger partial charge in [0.2, 0.25) is 0 Å². The molecule has 1 aliphatic rings. The zero-order chi connectivity index (χ0) is 10.4. The number of likely N-dealkylation sites (tertiary alicyclic amines) is 1. The van der Waals surface area contributed by atoms with Gasteiger partial charge in [0.15, 0.2) is 0 Å². The number of nitriles is 1. The second kappa shape index (κ2) is 6.03. The maximum atomic E-state index is 8.77. The third kappa shape index (κ3) is 3.31. The van der Waals surface area contributed by atoms with Crippen LogP contribution in [0.25, 0.3) is 0 Å². The molecule has 1 rings (SSSR count). The summed E-state index contributed by atoms with van der Waals surface area (Å²) in [5.41, 5.74) is 0. The van der Waals surface area contributed by atoms with Gasteiger partial charge in [-0.15, -0.1) is 0 Å². The zero-order valence-corrected chi connectivity index (χ0v) is 9.50. The lowest BCUT2D eigenvalue weighted by molar-refractivity contribution is 0.119. The minimum Gasteiger partial charge on any atom is -0.299 e. The van der Waals surface area contributed by atoms with Crippen LogP contribution in [0.15, 0.2) is 0 Å². The molecule has 0 saturated carbocycles. The fraction of sp³-hybridized carbons (Fsp3) is 0.917. The van der Waals surface area contributed by atoms with Crippen molar-refractivity contribution >= 4 is 0 Å². The number of hydrogen-bond acceptors (Lipinski definition) is 2. The van der Waals surface area contributed by atoms with Crippen LogP contribution in [0, 0.1) is 17.2 Å². The number of hydrogen-bond donors (Lipinski definition) is 0. The molecule has 2 atom stereocenters. The molecule has 0 bridgehead atoms. The van der Waals surface area contributed by atoms with E-state index < -0.39 is 0 Å². The normalized spacial score (nSPS) is 28.6. The van der Waals surface area contributed by atoms with Crippen LogP contribution < -0.4 is 0 Å². The summed E-state index contributed by atoms with van der Waals surface area (Å²) in [4.78, 5) is 2.52. The van der Waals surface area contributed by atoms with Crippen LogP contribution in [0.4, 0.5) is 0 Å². The highest BCUT2D eigenvalue weighted by molar-refractivity contribution is 4.87. The highest BCUT2D eigenvalue weighted by Gasteiger charge is 2.25. The summed E-state index contributed by atoms with van der Waals surface area (Å²) in [5, 5.41) is 8.77. The van der Waals surface area contributed by atoms with E-state index in [1.54, 1.807) is 0 Å². The first-order valence-corrected chi connectivity index (χ1v) is 5.89. The monoisotopic (exact) mass is 194 g/mol. The van der Waals surface area contributed by atoms with Gasteiger partial charge in [-0.05, 0) is 38.3 Å². The van der Waals surface area contributed by atoms with Crippen LogP contribution in [0.3, 0.4) is 0 Å². The van der Waals surface area contributed by atoms with Crippen molar-refractivity contribution in [3.05, 3.63) is 0 Å². The summed E-state index contributed by atoms with van der Waals surface area (Å²) >= 11 is 0. The smallest absolute Gasteiger partial charge is 0.0638 e. The Bertz CT molecular complexity index is 193. The standard InChI is InChI=1S/C12H22N2/c1-3-4-8-14-9-6-11(2)10-12(14)5-7-13/h11-12H,3-6,8-10H2,1-2H3. The van der Waals surface area contributed by atoms with Gasteiger partial charge in [0.05, 0.1) is 12.5 Å². The molecule has 2 nitrogen and oxygen atoms in total. The molecule has 1 saturated heterocycles. The molecule has 1 fully saturated rings. The molecule has 0 aromatic rings. The van der Waals surface area contributed by atoms with Crippen molar-refractivity contribution < 1.29 is 0 Å². The lowest BCUT2D eigenvalue weighted by atomic mass is 9.91. The third-order valence-electron chi connectivity index (χ3n) is 3.23. The van der Waals surface area contributed by atoms with E-state index >= 15 is 0 Å². The van der Waals surface area contributed by atoms with Gasteiger partial charge in [0.1, 0.15) is 0 Å². The van der Waals surface area contributed by atoms with E-state index in [0.29, 0.717) is 12.5 Å². The summed E-state index contributed by atoms with van der Waals surface area (Å²) in [6.45, 7) is 6.93. The Labute approximate surface area is 87.9 Å².